The lowest BCUT2D eigenvalue weighted by Crippen LogP contribution is -1.98. The van der Waals surface area contributed by atoms with Gasteiger partial charge < -0.3 is 4.74 Å². The molecular formula is C15H18N2O. The molecule has 0 aliphatic rings. The van der Waals surface area contributed by atoms with Crippen LogP contribution in [0.5, 0.6) is 5.75 Å². The smallest absolute Gasteiger partial charge is 0.131 e. The van der Waals surface area contributed by atoms with Crippen molar-refractivity contribution in [3.8, 4) is 17.0 Å². The molecule has 18 heavy (non-hydrogen) atoms. The van der Waals surface area contributed by atoms with Gasteiger partial charge in [0.05, 0.1) is 12.8 Å². The van der Waals surface area contributed by atoms with E-state index >= 15 is 0 Å². The van der Waals surface area contributed by atoms with Crippen LogP contribution in [0.3, 0.4) is 0 Å². The maximum Gasteiger partial charge on any atom is 0.131 e. The molecule has 2 rings (SSSR count). The summed E-state index contributed by atoms with van der Waals surface area (Å²) in [6, 6.07) is 6.21. The minimum Gasteiger partial charge on any atom is -0.496 e. The summed E-state index contributed by atoms with van der Waals surface area (Å²) in [4.78, 5) is 8.81. The molecule has 0 saturated heterocycles. The fourth-order valence-electron chi connectivity index (χ4n) is 2.27. The van der Waals surface area contributed by atoms with Gasteiger partial charge in [-0.2, -0.15) is 0 Å². The van der Waals surface area contributed by atoms with E-state index in [9.17, 15) is 0 Å². The number of rotatable bonds is 2. The highest BCUT2D eigenvalue weighted by atomic mass is 16.5. The average molecular weight is 242 g/mol. The van der Waals surface area contributed by atoms with E-state index < -0.39 is 0 Å². The minimum atomic E-state index is 0.784. The van der Waals surface area contributed by atoms with E-state index in [1.807, 2.05) is 19.9 Å². The Labute approximate surface area is 108 Å². The molecule has 0 aliphatic heterocycles. The van der Waals surface area contributed by atoms with Gasteiger partial charge in [0.15, 0.2) is 0 Å². The third kappa shape index (κ3) is 2.35. The zero-order valence-electron chi connectivity index (χ0n) is 11.5. The van der Waals surface area contributed by atoms with Crippen LogP contribution in [0, 0.1) is 27.7 Å². The van der Waals surface area contributed by atoms with Crippen LogP contribution in [0.15, 0.2) is 18.2 Å². The molecule has 1 aromatic heterocycles. The summed E-state index contributed by atoms with van der Waals surface area (Å²) < 4.78 is 5.50. The Bertz CT molecular complexity index is 571. The summed E-state index contributed by atoms with van der Waals surface area (Å²) in [5, 5.41) is 0. The van der Waals surface area contributed by atoms with Crippen LogP contribution in [0.25, 0.3) is 11.3 Å². The first-order valence-corrected chi connectivity index (χ1v) is 5.99. The summed E-state index contributed by atoms with van der Waals surface area (Å²) in [5.41, 5.74) is 5.25. The van der Waals surface area contributed by atoms with Crippen molar-refractivity contribution in [2.24, 2.45) is 0 Å². The molecule has 1 aromatic carbocycles. The maximum absolute atomic E-state index is 5.50. The van der Waals surface area contributed by atoms with Crippen molar-refractivity contribution >= 4 is 0 Å². The van der Waals surface area contributed by atoms with Crippen LogP contribution >= 0.6 is 0 Å². The predicted octanol–water partition coefficient (Wildman–Crippen LogP) is 3.39. The van der Waals surface area contributed by atoms with Crippen LogP contribution in [0.4, 0.5) is 0 Å². The standard InChI is InChI=1S/C15H18N2O/c1-9-6-10(2)15(18-5)13(7-9)14-8-11(3)16-12(4)17-14/h6-8H,1-5H3. The van der Waals surface area contributed by atoms with E-state index in [2.05, 4.69) is 35.9 Å². The van der Waals surface area contributed by atoms with Gasteiger partial charge in [0.1, 0.15) is 11.6 Å². The molecule has 0 unspecified atom stereocenters. The van der Waals surface area contributed by atoms with Gasteiger partial charge in [0, 0.05) is 11.3 Å². The second-order valence-corrected chi connectivity index (χ2v) is 4.60. The normalized spacial score (nSPS) is 10.5. The largest absolute Gasteiger partial charge is 0.496 e. The molecule has 0 radical (unpaired) electrons. The van der Waals surface area contributed by atoms with E-state index in [0.29, 0.717) is 0 Å². The fourth-order valence-corrected chi connectivity index (χ4v) is 2.27. The van der Waals surface area contributed by atoms with Gasteiger partial charge in [-0.1, -0.05) is 6.07 Å². The van der Waals surface area contributed by atoms with Gasteiger partial charge in [0.2, 0.25) is 0 Å². The number of aryl methyl sites for hydroxylation is 4. The lowest BCUT2D eigenvalue weighted by molar-refractivity contribution is 0.413. The summed E-state index contributed by atoms with van der Waals surface area (Å²) in [6.45, 7) is 8.02. The van der Waals surface area contributed by atoms with Crippen molar-refractivity contribution in [1.82, 2.24) is 9.97 Å². The zero-order valence-corrected chi connectivity index (χ0v) is 11.5. The first-order chi connectivity index (χ1) is 8.51. The quantitative estimate of drug-likeness (QED) is 0.809. The van der Waals surface area contributed by atoms with Crippen molar-refractivity contribution in [2.45, 2.75) is 27.7 Å². The third-order valence-corrected chi connectivity index (χ3v) is 2.87. The number of hydrogen-bond donors (Lipinski definition) is 0. The van der Waals surface area contributed by atoms with Gasteiger partial charge in [-0.25, -0.2) is 9.97 Å². The first-order valence-electron chi connectivity index (χ1n) is 5.99. The fraction of sp³-hybridized carbons (Fsp3) is 0.333. The first kappa shape index (κ1) is 12.6. The number of benzene rings is 1. The Morgan fingerprint density at radius 3 is 2.28 bits per heavy atom. The van der Waals surface area contributed by atoms with Crippen molar-refractivity contribution < 1.29 is 4.74 Å². The van der Waals surface area contributed by atoms with Crippen molar-refractivity contribution in [3.05, 3.63) is 40.8 Å². The average Bonchev–Trinajstić information content (AvgIpc) is 2.26. The van der Waals surface area contributed by atoms with Gasteiger partial charge in [-0.15, -0.1) is 0 Å². The number of aromatic nitrogens is 2. The molecule has 2 aromatic rings. The van der Waals surface area contributed by atoms with Gasteiger partial charge in [0.25, 0.3) is 0 Å². The maximum atomic E-state index is 5.50. The molecule has 0 amide bonds. The van der Waals surface area contributed by atoms with Crippen LogP contribution in [-0.4, -0.2) is 17.1 Å². The highest BCUT2D eigenvalue weighted by molar-refractivity contribution is 5.70. The molecule has 3 heteroatoms. The SMILES string of the molecule is COc1c(C)cc(C)cc1-c1cc(C)nc(C)n1. The minimum absolute atomic E-state index is 0.784. The summed E-state index contributed by atoms with van der Waals surface area (Å²) in [6.07, 6.45) is 0. The van der Waals surface area contributed by atoms with Crippen molar-refractivity contribution in [2.75, 3.05) is 7.11 Å². The van der Waals surface area contributed by atoms with Crippen molar-refractivity contribution in [1.29, 1.82) is 0 Å². The molecule has 1 heterocycles. The van der Waals surface area contributed by atoms with Gasteiger partial charge in [-0.3, -0.25) is 0 Å². The molecule has 0 fully saturated rings. The highest BCUT2D eigenvalue weighted by Gasteiger charge is 2.12. The predicted molar refractivity (Wildman–Crippen MR) is 73.0 cm³/mol. The molecule has 3 nitrogen and oxygen atoms in total. The third-order valence-electron chi connectivity index (χ3n) is 2.87. The summed E-state index contributed by atoms with van der Waals surface area (Å²) >= 11 is 0. The monoisotopic (exact) mass is 242 g/mol. The number of nitrogens with zero attached hydrogens (tertiary/aromatic N) is 2. The van der Waals surface area contributed by atoms with Crippen LogP contribution in [-0.2, 0) is 0 Å². The van der Waals surface area contributed by atoms with E-state index in [1.54, 1.807) is 7.11 Å². The topological polar surface area (TPSA) is 35.0 Å². The Balaban J connectivity index is 2.69. The highest BCUT2D eigenvalue weighted by Crippen LogP contribution is 2.33. The van der Waals surface area contributed by atoms with E-state index in [0.717, 1.165) is 34.1 Å². The van der Waals surface area contributed by atoms with Crippen LogP contribution in [0.2, 0.25) is 0 Å². The lowest BCUT2D eigenvalue weighted by atomic mass is 10.0. The molecule has 0 bridgehead atoms. The molecule has 0 atom stereocenters. The number of ether oxygens (including phenoxy) is 1. The Morgan fingerprint density at radius 1 is 0.944 bits per heavy atom. The zero-order chi connectivity index (χ0) is 13.3. The second kappa shape index (κ2) is 4.77. The van der Waals surface area contributed by atoms with E-state index in [1.165, 1.54) is 5.56 Å². The molecular weight excluding hydrogens is 224 g/mol. The summed E-state index contributed by atoms with van der Waals surface area (Å²) in [7, 11) is 1.70. The van der Waals surface area contributed by atoms with Crippen molar-refractivity contribution in [3.63, 3.8) is 0 Å². The van der Waals surface area contributed by atoms with E-state index in [-0.39, 0.29) is 0 Å². The number of methoxy groups -OCH3 is 1. The Hall–Kier alpha value is -1.90. The van der Waals surface area contributed by atoms with Gasteiger partial charge >= 0.3 is 0 Å². The molecule has 94 valence electrons. The number of hydrogen-bond acceptors (Lipinski definition) is 3. The second-order valence-electron chi connectivity index (χ2n) is 4.60. The lowest BCUT2D eigenvalue weighted by Gasteiger charge is -2.13. The Morgan fingerprint density at radius 2 is 1.67 bits per heavy atom. The molecule has 0 N–H and O–H groups in total. The van der Waals surface area contributed by atoms with Crippen LogP contribution in [0.1, 0.15) is 22.6 Å². The van der Waals surface area contributed by atoms with Crippen LogP contribution < -0.4 is 4.74 Å². The Kier molecular flexibility index (Phi) is 3.32. The van der Waals surface area contributed by atoms with E-state index in [4.69, 9.17) is 4.74 Å². The molecule has 0 aliphatic carbocycles. The molecule has 0 saturated carbocycles. The summed E-state index contributed by atoms with van der Waals surface area (Å²) in [5.74, 6) is 1.67. The molecule has 0 spiro atoms. The van der Waals surface area contributed by atoms with Gasteiger partial charge in [-0.05, 0) is 51.0 Å².